The summed E-state index contributed by atoms with van der Waals surface area (Å²) in [6.07, 6.45) is 0. The summed E-state index contributed by atoms with van der Waals surface area (Å²) in [5.41, 5.74) is 1.69. The first kappa shape index (κ1) is 15.6. The molecule has 0 bridgehead atoms. The molecule has 0 heterocycles. The van der Waals surface area contributed by atoms with Crippen molar-refractivity contribution in [1.29, 1.82) is 0 Å². The van der Waals surface area contributed by atoms with E-state index in [4.69, 9.17) is 11.6 Å². The molecule has 0 aliphatic carbocycles. The first-order chi connectivity index (χ1) is 9.38. The minimum Gasteiger partial charge on any atom is -0.507 e. The number of phenols is 1. The Labute approximate surface area is 143 Å². The second-order valence-electron chi connectivity index (χ2n) is 4.20. The topological polar surface area (TPSA) is 49.3 Å². The highest BCUT2D eigenvalue weighted by atomic mass is 127. The van der Waals surface area contributed by atoms with Gasteiger partial charge in [0.05, 0.1) is 11.3 Å². The molecule has 1 amide bonds. The van der Waals surface area contributed by atoms with Crippen molar-refractivity contribution >= 4 is 61.7 Å². The first-order valence-corrected chi connectivity index (χ1v) is 7.89. The minimum atomic E-state index is -0.387. The summed E-state index contributed by atoms with van der Waals surface area (Å²) >= 11 is 11.5. The second-order valence-corrected chi connectivity index (χ2v) is 6.70. The largest absolute Gasteiger partial charge is 0.507 e. The molecule has 0 atom stereocenters. The average Bonchev–Trinajstić information content (AvgIpc) is 2.38. The van der Waals surface area contributed by atoms with E-state index in [1.165, 1.54) is 6.07 Å². The molecular weight excluding hydrogens is 456 g/mol. The number of hydrogen-bond acceptors (Lipinski definition) is 2. The zero-order valence-electron chi connectivity index (χ0n) is 10.4. The SMILES string of the molecule is Cc1cc(Br)c(NC(=O)c2cc(I)ccc2O)cc1Cl. The van der Waals surface area contributed by atoms with Crippen LogP contribution in [0.5, 0.6) is 5.75 Å². The number of benzene rings is 2. The van der Waals surface area contributed by atoms with Crippen LogP contribution < -0.4 is 5.32 Å². The monoisotopic (exact) mass is 465 g/mol. The van der Waals surface area contributed by atoms with Gasteiger partial charge in [0.25, 0.3) is 5.91 Å². The summed E-state index contributed by atoms with van der Waals surface area (Å²) in [5.74, 6) is -0.445. The Morgan fingerprint density at radius 3 is 2.75 bits per heavy atom. The van der Waals surface area contributed by atoms with Gasteiger partial charge in [0, 0.05) is 13.1 Å². The van der Waals surface area contributed by atoms with E-state index < -0.39 is 0 Å². The van der Waals surface area contributed by atoms with Gasteiger partial charge in [-0.25, -0.2) is 0 Å². The van der Waals surface area contributed by atoms with Gasteiger partial charge in [-0.2, -0.15) is 0 Å². The molecule has 0 saturated heterocycles. The quantitative estimate of drug-likeness (QED) is 0.614. The molecule has 2 aromatic rings. The van der Waals surface area contributed by atoms with Crippen LogP contribution in [0.15, 0.2) is 34.8 Å². The van der Waals surface area contributed by atoms with Crippen molar-refractivity contribution in [1.82, 2.24) is 0 Å². The number of halogens is 3. The number of phenolic OH excluding ortho intramolecular Hbond substituents is 1. The third kappa shape index (κ3) is 3.45. The van der Waals surface area contributed by atoms with E-state index >= 15 is 0 Å². The molecule has 0 aliphatic rings. The third-order valence-corrected chi connectivity index (χ3v) is 4.43. The maximum absolute atomic E-state index is 12.2. The van der Waals surface area contributed by atoms with Gasteiger partial charge in [-0.15, -0.1) is 0 Å². The molecular formula is C14H10BrClINO2. The predicted molar refractivity (Wildman–Crippen MR) is 92.7 cm³/mol. The fraction of sp³-hybridized carbons (Fsp3) is 0.0714. The smallest absolute Gasteiger partial charge is 0.259 e. The number of nitrogens with one attached hydrogen (secondary N) is 1. The van der Waals surface area contributed by atoms with Crippen molar-refractivity contribution in [2.24, 2.45) is 0 Å². The Kier molecular flexibility index (Phi) is 4.93. The predicted octanol–water partition coefficient (Wildman–Crippen LogP) is 4.97. The number of aromatic hydroxyl groups is 1. The van der Waals surface area contributed by atoms with Crippen LogP contribution in [0.4, 0.5) is 5.69 Å². The molecule has 3 nitrogen and oxygen atoms in total. The summed E-state index contributed by atoms with van der Waals surface area (Å²) in [7, 11) is 0. The molecule has 2 N–H and O–H groups in total. The average molecular weight is 467 g/mol. The lowest BCUT2D eigenvalue weighted by atomic mass is 10.1. The lowest BCUT2D eigenvalue weighted by Crippen LogP contribution is -2.13. The van der Waals surface area contributed by atoms with Crippen LogP contribution in [0.25, 0.3) is 0 Å². The zero-order valence-corrected chi connectivity index (χ0v) is 14.9. The van der Waals surface area contributed by atoms with Crippen molar-refractivity contribution in [2.45, 2.75) is 6.92 Å². The van der Waals surface area contributed by atoms with Crippen molar-refractivity contribution in [2.75, 3.05) is 5.32 Å². The van der Waals surface area contributed by atoms with E-state index in [2.05, 4.69) is 43.8 Å². The molecule has 0 radical (unpaired) electrons. The van der Waals surface area contributed by atoms with E-state index in [0.717, 1.165) is 13.6 Å². The third-order valence-electron chi connectivity index (χ3n) is 2.70. The zero-order chi connectivity index (χ0) is 14.9. The van der Waals surface area contributed by atoms with Gasteiger partial charge in [0.1, 0.15) is 5.75 Å². The molecule has 0 unspecified atom stereocenters. The van der Waals surface area contributed by atoms with Crippen molar-refractivity contribution < 1.29 is 9.90 Å². The van der Waals surface area contributed by atoms with E-state index in [1.807, 2.05) is 13.0 Å². The second kappa shape index (κ2) is 6.32. The summed E-state index contributed by atoms with van der Waals surface area (Å²) < 4.78 is 1.60. The normalized spacial score (nSPS) is 10.4. The van der Waals surface area contributed by atoms with E-state index in [1.54, 1.807) is 18.2 Å². The molecule has 104 valence electrons. The van der Waals surface area contributed by atoms with Gasteiger partial charge < -0.3 is 10.4 Å². The van der Waals surface area contributed by atoms with E-state index in [-0.39, 0.29) is 17.2 Å². The number of carbonyl (C=O) groups is 1. The first-order valence-electron chi connectivity index (χ1n) is 5.64. The Morgan fingerprint density at radius 2 is 2.05 bits per heavy atom. The Balaban J connectivity index is 2.32. The van der Waals surface area contributed by atoms with Crippen molar-refractivity contribution in [3.8, 4) is 5.75 Å². The van der Waals surface area contributed by atoms with Crippen molar-refractivity contribution in [3.63, 3.8) is 0 Å². The molecule has 6 heteroatoms. The molecule has 0 aromatic heterocycles. The number of hydrogen-bond donors (Lipinski definition) is 2. The van der Waals surface area contributed by atoms with Gasteiger partial charge in [-0.1, -0.05) is 11.6 Å². The lowest BCUT2D eigenvalue weighted by molar-refractivity contribution is 0.102. The molecule has 0 aliphatic heterocycles. The fourth-order valence-electron chi connectivity index (χ4n) is 1.62. The molecule has 2 aromatic carbocycles. The van der Waals surface area contributed by atoms with E-state index in [0.29, 0.717) is 10.7 Å². The maximum atomic E-state index is 12.2. The fourth-order valence-corrected chi connectivity index (χ4v) is 2.83. The molecule has 0 spiro atoms. The summed E-state index contributed by atoms with van der Waals surface area (Å²) in [4.78, 5) is 12.2. The number of carbonyl (C=O) groups excluding carboxylic acids is 1. The van der Waals surface area contributed by atoms with Gasteiger partial charge >= 0.3 is 0 Å². The van der Waals surface area contributed by atoms with Crippen LogP contribution >= 0.6 is 50.1 Å². The van der Waals surface area contributed by atoms with Gasteiger partial charge in [-0.3, -0.25) is 4.79 Å². The highest BCUT2D eigenvalue weighted by molar-refractivity contribution is 14.1. The van der Waals surface area contributed by atoms with Crippen LogP contribution in [0.2, 0.25) is 5.02 Å². The number of amides is 1. The highest BCUT2D eigenvalue weighted by Gasteiger charge is 2.14. The number of rotatable bonds is 2. The minimum absolute atomic E-state index is 0.0581. The molecule has 0 saturated carbocycles. The Bertz CT molecular complexity index is 691. The summed E-state index contributed by atoms with van der Waals surface area (Å²) in [6.45, 7) is 1.88. The van der Waals surface area contributed by atoms with E-state index in [9.17, 15) is 9.90 Å². The number of anilines is 1. The molecule has 20 heavy (non-hydrogen) atoms. The Hall–Kier alpha value is -0.790. The Morgan fingerprint density at radius 1 is 1.35 bits per heavy atom. The standard InChI is InChI=1S/C14H10BrClINO2/c1-7-4-10(15)12(6-11(7)16)18-14(20)9-5-8(17)2-3-13(9)19/h2-6,19H,1H3,(H,18,20). The van der Waals surface area contributed by atoms with Gasteiger partial charge in [0.15, 0.2) is 0 Å². The van der Waals surface area contributed by atoms with Gasteiger partial charge in [0.2, 0.25) is 0 Å². The highest BCUT2D eigenvalue weighted by Crippen LogP contribution is 2.30. The maximum Gasteiger partial charge on any atom is 0.259 e. The molecule has 2 rings (SSSR count). The molecule has 0 fully saturated rings. The summed E-state index contributed by atoms with van der Waals surface area (Å²) in [6, 6.07) is 8.34. The van der Waals surface area contributed by atoms with Crippen LogP contribution in [0.3, 0.4) is 0 Å². The van der Waals surface area contributed by atoms with Crippen molar-refractivity contribution in [3.05, 3.63) is 54.5 Å². The van der Waals surface area contributed by atoms with Crippen LogP contribution in [0, 0.1) is 10.5 Å². The summed E-state index contributed by atoms with van der Waals surface area (Å²) in [5, 5.41) is 13.0. The van der Waals surface area contributed by atoms with Crippen LogP contribution in [-0.2, 0) is 0 Å². The number of aryl methyl sites for hydroxylation is 1. The lowest BCUT2D eigenvalue weighted by Gasteiger charge is -2.10. The van der Waals surface area contributed by atoms with Gasteiger partial charge in [-0.05, 0) is 81.3 Å². The van der Waals surface area contributed by atoms with Crippen LogP contribution in [0.1, 0.15) is 15.9 Å². The van der Waals surface area contributed by atoms with Crippen LogP contribution in [-0.4, -0.2) is 11.0 Å².